The van der Waals surface area contributed by atoms with Crippen LogP contribution in [0, 0.1) is 0 Å². The second-order valence-electron chi connectivity index (χ2n) is 4.64. The smallest absolute Gasteiger partial charge is 0.410 e. The third kappa shape index (κ3) is 3.40. The minimum atomic E-state index is -0.870. The van der Waals surface area contributed by atoms with E-state index in [1.807, 2.05) is 24.3 Å². The lowest BCUT2D eigenvalue weighted by molar-refractivity contribution is -0.137. The number of carbonyl (C=O) groups is 2. The van der Waals surface area contributed by atoms with E-state index in [1.165, 1.54) is 0 Å². The van der Waals surface area contributed by atoms with E-state index in [0.29, 0.717) is 13.0 Å². The summed E-state index contributed by atoms with van der Waals surface area (Å²) in [5.74, 6) is -0.150. The Balaban J connectivity index is 2.04. The summed E-state index contributed by atoms with van der Waals surface area (Å²) in [4.78, 5) is 23.9. The summed E-state index contributed by atoms with van der Waals surface area (Å²) in [5, 5.41) is 8.72. The Hall–Kier alpha value is -2.24. The van der Waals surface area contributed by atoms with Crippen molar-refractivity contribution in [2.75, 3.05) is 13.7 Å². The number of benzene rings is 1. The fraction of sp³-hybridized carbons (Fsp3) is 0.429. The van der Waals surface area contributed by atoms with Crippen molar-refractivity contribution in [2.45, 2.75) is 25.4 Å². The molecule has 1 aliphatic heterocycles. The summed E-state index contributed by atoms with van der Waals surface area (Å²) >= 11 is 0. The Morgan fingerprint density at radius 1 is 1.55 bits per heavy atom. The van der Waals surface area contributed by atoms with Crippen molar-refractivity contribution in [2.24, 2.45) is 0 Å². The van der Waals surface area contributed by atoms with Gasteiger partial charge in [-0.3, -0.25) is 9.69 Å². The van der Waals surface area contributed by atoms with Crippen molar-refractivity contribution in [3.8, 4) is 5.75 Å². The molecule has 0 saturated carbocycles. The fourth-order valence-electron chi connectivity index (χ4n) is 2.18. The minimum Gasteiger partial charge on any atom is -0.497 e. The molecule has 0 spiro atoms. The van der Waals surface area contributed by atoms with E-state index in [4.69, 9.17) is 14.6 Å². The molecule has 1 N–H and O–H groups in total. The zero-order valence-electron chi connectivity index (χ0n) is 11.2. The van der Waals surface area contributed by atoms with Crippen molar-refractivity contribution in [1.29, 1.82) is 0 Å². The summed E-state index contributed by atoms with van der Waals surface area (Å²) < 4.78 is 10.1. The van der Waals surface area contributed by atoms with E-state index in [2.05, 4.69) is 0 Å². The van der Waals surface area contributed by atoms with Crippen LogP contribution in [0.5, 0.6) is 5.75 Å². The number of rotatable bonds is 6. The van der Waals surface area contributed by atoms with Gasteiger partial charge >= 0.3 is 12.1 Å². The van der Waals surface area contributed by atoms with E-state index in [1.54, 1.807) is 12.0 Å². The molecule has 1 heterocycles. The second-order valence-corrected chi connectivity index (χ2v) is 4.64. The Kier molecular flexibility index (Phi) is 4.45. The second kappa shape index (κ2) is 6.27. The molecule has 1 aliphatic rings. The number of hydrogen-bond acceptors (Lipinski definition) is 4. The van der Waals surface area contributed by atoms with Gasteiger partial charge in [-0.05, 0) is 24.1 Å². The van der Waals surface area contributed by atoms with Crippen molar-refractivity contribution in [1.82, 2.24) is 4.90 Å². The highest BCUT2D eigenvalue weighted by Gasteiger charge is 2.32. The maximum Gasteiger partial charge on any atom is 0.410 e. The van der Waals surface area contributed by atoms with Crippen LogP contribution in [0.2, 0.25) is 0 Å². The SMILES string of the molecule is COc1cccc(CN2C(=O)OCC2CCC(=O)O)c1. The highest BCUT2D eigenvalue weighted by molar-refractivity contribution is 5.71. The normalized spacial score (nSPS) is 17.9. The molecular formula is C14H17NO5. The number of amides is 1. The molecule has 0 radical (unpaired) electrons. The van der Waals surface area contributed by atoms with Gasteiger partial charge in [-0.25, -0.2) is 4.79 Å². The summed E-state index contributed by atoms with van der Waals surface area (Å²) in [5.41, 5.74) is 0.920. The molecule has 1 amide bonds. The van der Waals surface area contributed by atoms with Crippen molar-refractivity contribution >= 4 is 12.1 Å². The first-order valence-electron chi connectivity index (χ1n) is 6.38. The monoisotopic (exact) mass is 279 g/mol. The van der Waals surface area contributed by atoms with Gasteiger partial charge in [0.05, 0.1) is 13.2 Å². The van der Waals surface area contributed by atoms with Gasteiger partial charge in [0.15, 0.2) is 0 Å². The predicted molar refractivity (Wildman–Crippen MR) is 70.5 cm³/mol. The zero-order chi connectivity index (χ0) is 14.5. The molecule has 6 heteroatoms. The van der Waals surface area contributed by atoms with Crippen molar-refractivity contribution < 1.29 is 24.2 Å². The van der Waals surface area contributed by atoms with E-state index in [9.17, 15) is 9.59 Å². The Bertz CT molecular complexity index is 502. The molecule has 1 unspecified atom stereocenters. The highest BCUT2D eigenvalue weighted by atomic mass is 16.6. The number of methoxy groups -OCH3 is 1. The third-order valence-electron chi connectivity index (χ3n) is 3.25. The van der Waals surface area contributed by atoms with Crippen molar-refractivity contribution in [3.05, 3.63) is 29.8 Å². The van der Waals surface area contributed by atoms with Gasteiger partial charge in [-0.2, -0.15) is 0 Å². The fourth-order valence-corrected chi connectivity index (χ4v) is 2.18. The summed E-state index contributed by atoms with van der Waals surface area (Å²) in [6.07, 6.45) is 0.0178. The van der Waals surface area contributed by atoms with Crippen LogP contribution in [0.25, 0.3) is 0 Å². The molecule has 0 aromatic heterocycles. The lowest BCUT2D eigenvalue weighted by Crippen LogP contribution is -2.33. The van der Waals surface area contributed by atoms with Crippen LogP contribution in [0.15, 0.2) is 24.3 Å². The molecule has 1 atom stereocenters. The molecule has 0 aliphatic carbocycles. The summed E-state index contributed by atoms with van der Waals surface area (Å²) in [6.45, 7) is 0.635. The predicted octanol–water partition coefficient (Wildman–Crippen LogP) is 1.88. The number of aliphatic carboxylic acids is 1. The highest BCUT2D eigenvalue weighted by Crippen LogP contribution is 2.21. The maximum atomic E-state index is 11.7. The average Bonchev–Trinajstić information content (AvgIpc) is 2.78. The van der Waals surface area contributed by atoms with Crippen LogP contribution >= 0.6 is 0 Å². The van der Waals surface area contributed by atoms with Crippen LogP contribution in [-0.2, 0) is 16.1 Å². The maximum absolute atomic E-state index is 11.7. The quantitative estimate of drug-likeness (QED) is 0.860. The molecule has 2 rings (SSSR count). The zero-order valence-corrected chi connectivity index (χ0v) is 11.2. The number of carboxylic acid groups (broad SMARTS) is 1. The number of carboxylic acids is 1. The molecule has 1 fully saturated rings. The van der Waals surface area contributed by atoms with E-state index in [-0.39, 0.29) is 19.1 Å². The van der Waals surface area contributed by atoms with Crippen LogP contribution in [0.4, 0.5) is 4.79 Å². The van der Waals surface area contributed by atoms with Crippen LogP contribution in [-0.4, -0.2) is 41.8 Å². The lowest BCUT2D eigenvalue weighted by Gasteiger charge is -2.21. The van der Waals surface area contributed by atoms with Gasteiger partial charge < -0.3 is 14.6 Å². The van der Waals surface area contributed by atoms with Gasteiger partial charge in [0, 0.05) is 13.0 Å². The average molecular weight is 279 g/mol. The van der Waals surface area contributed by atoms with Gasteiger partial charge in [-0.1, -0.05) is 12.1 Å². The molecule has 1 saturated heterocycles. The molecule has 108 valence electrons. The molecular weight excluding hydrogens is 262 g/mol. The summed E-state index contributed by atoms with van der Waals surface area (Å²) in [6, 6.07) is 7.22. The van der Waals surface area contributed by atoms with Crippen LogP contribution in [0.1, 0.15) is 18.4 Å². The molecule has 0 bridgehead atoms. The number of ether oxygens (including phenoxy) is 2. The molecule has 20 heavy (non-hydrogen) atoms. The van der Waals surface area contributed by atoms with Crippen LogP contribution in [0.3, 0.4) is 0 Å². The number of nitrogens with zero attached hydrogens (tertiary/aromatic N) is 1. The van der Waals surface area contributed by atoms with E-state index < -0.39 is 12.1 Å². The van der Waals surface area contributed by atoms with Gasteiger partial charge in [0.25, 0.3) is 0 Å². The Morgan fingerprint density at radius 2 is 2.35 bits per heavy atom. The minimum absolute atomic E-state index is 0.0237. The van der Waals surface area contributed by atoms with Crippen LogP contribution < -0.4 is 4.74 Å². The number of hydrogen-bond donors (Lipinski definition) is 1. The van der Waals surface area contributed by atoms with Gasteiger partial charge in [-0.15, -0.1) is 0 Å². The Labute approximate surface area is 116 Å². The number of carbonyl (C=O) groups excluding carboxylic acids is 1. The standard InChI is InChI=1S/C14H17NO5/c1-19-12-4-2-3-10(7-12)8-15-11(5-6-13(16)17)9-20-14(15)18/h2-4,7,11H,5-6,8-9H2,1H3,(H,16,17). The lowest BCUT2D eigenvalue weighted by atomic mass is 10.1. The first kappa shape index (κ1) is 14.2. The molecule has 1 aromatic carbocycles. The first-order chi connectivity index (χ1) is 9.60. The largest absolute Gasteiger partial charge is 0.497 e. The van der Waals surface area contributed by atoms with Gasteiger partial charge in [0.1, 0.15) is 12.4 Å². The Morgan fingerprint density at radius 3 is 3.05 bits per heavy atom. The summed E-state index contributed by atoms with van der Waals surface area (Å²) in [7, 11) is 1.58. The first-order valence-corrected chi connectivity index (χ1v) is 6.38. The number of cyclic esters (lactones) is 1. The third-order valence-corrected chi connectivity index (χ3v) is 3.25. The molecule has 6 nitrogen and oxygen atoms in total. The molecule has 1 aromatic rings. The van der Waals surface area contributed by atoms with Gasteiger partial charge in [0.2, 0.25) is 0 Å². The van der Waals surface area contributed by atoms with Crippen molar-refractivity contribution in [3.63, 3.8) is 0 Å². The van der Waals surface area contributed by atoms with E-state index >= 15 is 0 Å². The van der Waals surface area contributed by atoms with E-state index in [0.717, 1.165) is 11.3 Å². The topological polar surface area (TPSA) is 76.1 Å².